The van der Waals surface area contributed by atoms with Crippen LogP contribution in [0.3, 0.4) is 0 Å². The monoisotopic (exact) mass is 377 g/mol. The highest BCUT2D eigenvalue weighted by atomic mass is 35.5. The lowest BCUT2D eigenvalue weighted by molar-refractivity contribution is -0.117. The van der Waals surface area contributed by atoms with E-state index in [0.29, 0.717) is 15.7 Å². The maximum Gasteiger partial charge on any atom is 0.243 e. The Morgan fingerprint density at radius 2 is 1.48 bits per heavy atom. The van der Waals surface area contributed by atoms with Gasteiger partial charge in [-0.3, -0.25) is 9.59 Å². The predicted molar refractivity (Wildman–Crippen MR) is 101 cm³/mol. The lowest BCUT2D eigenvalue weighted by atomic mass is 10.2. The molecule has 0 spiro atoms. The largest absolute Gasteiger partial charge is 0.376 e. The topological polar surface area (TPSA) is 70.2 Å². The first-order chi connectivity index (χ1) is 12.0. The average molecular weight is 378 g/mol. The molecule has 2 amide bonds. The van der Waals surface area contributed by atoms with Crippen molar-refractivity contribution in [3.05, 3.63) is 52.5 Å². The van der Waals surface area contributed by atoms with Gasteiger partial charge < -0.3 is 16.0 Å². The van der Waals surface area contributed by atoms with Crippen molar-refractivity contribution in [2.75, 3.05) is 22.5 Å². The second-order valence-corrected chi connectivity index (χ2v) is 6.77. The molecule has 1 aliphatic carbocycles. The second kappa shape index (κ2) is 7.76. The summed E-state index contributed by atoms with van der Waals surface area (Å²) in [6.07, 6.45) is 1.94. The maximum atomic E-state index is 12.0. The molecule has 0 bridgehead atoms. The van der Waals surface area contributed by atoms with Crippen LogP contribution in [0.1, 0.15) is 12.8 Å². The van der Waals surface area contributed by atoms with Gasteiger partial charge in [-0.25, -0.2) is 0 Å². The number of nitrogens with one attached hydrogen (secondary N) is 3. The molecule has 2 aromatic carbocycles. The van der Waals surface area contributed by atoms with Crippen molar-refractivity contribution in [2.45, 2.75) is 12.8 Å². The molecule has 0 aromatic heterocycles. The number of amides is 2. The Labute approximate surface area is 155 Å². The van der Waals surface area contributed by atoms with E-state index >= 15 is 0 Å². The fourth-order valence-electron chi connectivity index (χ4n) is 2.27. The van der Waals surface area contributed by atoms with E-state index in [2.05, 4.69) is 16.0 Å². The number of carbonyl (C=O) groups excluding carboxylic acids is 2. The molecule has 0 unspecified atom stereocenters. The molecule has 1 saturated carbocycles. The number of benzene rings is 2. The SMILES string of the molecule is O=C(CNc1ccc(NC(=O)C2CC2)cc1)Nc1cc(Cl)cc(Cl)c1. The highest BCUT2D eigenvalue weighted by Crippen LogP contribution is 2.30. The number of halogens is 2. The van der Waals surface area contributed by atoms with E-state index in [-0.39, 0.29) is 24.3 Å². The molecule has 2 aromatic rings. The summed E-state index contributed by atoms with van der Waals surface area (Å²) >= 11 is 11.8. The third kappa shape index (κ3) is 5.37. The summed E-state index contributed by atoms with van der Waals surface area (Å²) in [5, 5.41) is 9.53. The van der Waals surface area contributed by atoms with Gasteiger partial charge >= 0.3 is 0 Å². The molecular formula is C18H17Cl2N3O2. The minimum Gasteiger partial charge on any atom is -0.376 e. The molecule has 3 rings (SSSR count). The molecule has 0 radical (unpaired) electrons. The van der Waals surface area contributed by atoms with Crippen LogP contribution in [0.15, 0.2) is 42.5 Å². The molecular weight excluding hydrogens is 361 g/mol. The highest BCUT2D eigenvalue weighted by Gasteiger charge is 2.29. The van der Waals surface area contributed by atoms with Gasteiger partial charge in [-0.2, -0.15) is 0 Å². The molecule has 3 N–H and O–H groups in total. The molecule has 0 atom stereocenters. The van der Waals surface area contributed by atoms with Gasteiger partial charge in [0.1, 0.15) is 0 Å². The lowest BCUT2D eigenvalue weighted by Gasteiger charge is -2.10. The van der Waals surface area contributed by atoms with Gasteiger partial charge in [0.25, 0.3) is 0 Å². The Morgan fingerprint density at radius 3 is 2.08 bits per heavy atom. The first kappa shape index (κ1) is 17.6. The number of hydrogen-bond acceptors (Lipinski definition) is 3. The van der Waals surface area contributed by atoms with Crippen molar-refractivity contribution >= 4 is 52.1 Å². The van der Waals surface area contributed by atoms with Crippen molar-refractivity contribution < 1.29 is 9.59 Å². The summed E-state index contributed by atoms with van der Waals surface area (Å²) in [6.45, 7) is 0.0952. The summed E-state index contributed by atoms with van der Waals surface area (Å²) in [4.78, 5) is 23.7. The summed E-state index contributed by atoms with van der Waals surface area (Å²) in [7, 11) is 0. The van der Waals surface area contributed by atoms with Crippen molar-refractivity contribution in [3.63, 3.8) is 0 Å². The third-order valence-electron chi connectivity index (χ3n) is 3.70. The van der Waals surface area contributed by atoms with Gasteiger partial charge in [0.05, 0.1) is 6.54 Å². The zero-order chi connectivity index (χ0) is 17.8. The summed E-state index contributed by atoms with van der Waals surface area (Å²) in [6, 6.07) is 12.1. The van der Waals surface area contributed by atoms with Gasteiger partial charge in [0.15, 0.2) is 0 Å². The highest BCUT2D eigenvalue weighted by molar-refractivity contribution is 6.35. The summed E-state index contributed by atoms with van der Waals surface area (Å²) in [5.41, 5.74) is 2.08. The van der Waals surface area contributed by atoms with E-state index in [1.807, 2.05) is 12.1 Å². The van der Waals surface area contributed by atoms with Crippen LogP contribution in [0, 0.1) is 5.92 Å². The van der Waals surface area contributed by atoms with Gasteiger partial charge in [-0.1, -0.05) is 23.2 Å². The smallest absolute Gasteiger partial charge is 0.243 e. The van der Waals surface area contributed by atoms with Crippen molar-refractivity contribution in [2.24, 2.45) is 5.92 Å². The average Bonchev–Trinajstić information content (AvgIpc) is 3.38. The van der Waals surface area contributed by atoms with Gasteiger partial charge in [-0.05, 0) is 55.3 Å². The Kier molecular flexibility index (Phi) is 5.46. The zero-order valence-corrected chi connectivity index (χ0v) is 14.8. The Bertz CT molecular complexity index is 769. The minimum atomic E-state index is -0.218. The van der Waals surface area contributed by atoms with E-state index in [1.165, 1.54) is 0 Å². The van der Waals surface area contributed by atoms with Crippen LogP contribution >= 0.6 is 23.2 Å². The van der Waals surface area contributed by atoms with Crippen LogP contribution < -0.4 is 16.0 Å². The quantitative estimate of drug-likeness (QED) is 0.698. The maximum absolute atomic E-state index is 12.0. The van der Waals surface area contributed by atoms with Gasteiger partial charge in [-0.15, -0.1) is 0 Å². The van der Waals surface area contributed by atoms with E-state index in [4.69, 9.17) is 23.2 Å². The van der Waals surface area contributed by atoms with E-state index in [9.17, 15) is 9.59 Å². The molecule has 1 aliphatic rings. The van der Waals surface area contributed by atoms with Gasteiger partial charge in [0, 0.05) is 33.0 Å². The third-order valence-corrected chi connectivity index (χ3v) is 4.14. The standard InChI is InChI=1S/C18H17Cl2N3O2/c19-12-7-13(20)9-16(8-12)22-17(24)10-21-14-3-5-15(6-4-14)23-18(25)11-1-2-11/h3-9,11,21H,1-2,10H2,(H,22,24)(H,23,25). The van der Waals surface area contributed by atoms with Gasteiger partial charge in [0.2, 0.25) is 11.8 Å². The van der Waals surface area contributed by atoms with Crippen molar-refractivity contribution in [1.29, 1.82) is 0 Å². The Balaban J connectivity index is 1.48. The number of rotatable bonds is 6. The van der Waals surface area contributed by atoms with E-state index in [1.54, 1.807) is 30.3 Å². The fraction of sp³-hybridized carbons (Fsp3) is 0.222. The second-order valence-electron chi connectivity index (χ2n) is 5.90. The van der Waals surface area contributed by atoms with E-state index < -0.39 is 0 Å². The molecule has 5 nitrogen and oxygen atoms in total. The Hall–Kier alpha value is -2.24. The first-order valence-electron chi connectivity index (χ1n) is 7.90. The fourth-order valence-corrected chi connectivity index (χ4v) is 2.80. The van der Waals surface area contributed by atoms with Crippen LogP contribution in [0.25, 0.3) is 0 Å². The summed E-state index contributed by atoms with van der Waals surface area (Å²) < 4.78 is 0. The predicted octanol–water partition coefficient (Wildman–Crippen LogP) is 4.39. The molecule has 7 heteroatoms. The van der Waals surface area contributed by atoms with Crippen LogP contribution in [0.4, 0.5) is 17.1 Å². The lowest BCUT2D eigenvalue weighted by Crippen LogP contribution is -2.21. The number of hydrogen-bond donors (Lipinski definition) is 3. The molecule has 0 aliphatic heterocycles. The van der Waals surface area contributed by atoms with Crippen LogP contribution in [-0.4, -0.2) is 18.4 Å². The van der Waals surface area contributed by atoms with E-state index in [0.717, 1.165) is 24.2 Å². The molecule has 1 fully saturated rings. The summed E-state index contributed by atoms with van der Waals surface area (Å²) in [5.74, 6) is 0.0196. The normalized spacial score (nSPS) is 13.2. The van der Waals surface area contributed by atoms with Crippen LogP contribution in [-0.2, 0) is 9.59 Å². The van der Waals surface area contributed by atoms with Crippen LogP contribution in [0.5, 0.6) is 0 Å². The van der Waals surface area contributed by atoms with Crippen molar-refractivity contribution in [1.82, 2.24) is 0 Å². The first-order valence-corrected chi connectivity index (χ1v) is 8.66. The molecule has 25 heavy (non-hydrogen) atoms. The Morgan fingerprint density at radius 1 is 0.880 bits per heavy atom. The zero-order valence-electron chi connectivity index (χ0n) is 13.3. The molecule has 130 valence electrons. The minimum absolute atomic E-state index is 0.0697. The number of anilines is 3. The molecule has 0 heterocycles. The number of carbonyl (C=O) groups is 2. The van der Waals surface area contributed by atoms with Crippen molar-refractivity contribution in [3.8, 4) is 0 Å². The molecule has 0 saturated heterocycles. The van der Waals surface area contributed by atoms with Crippen LogP contribution in [0.2, 0.25) is 10.0 Å².